The van der Waals surface area contributed by atoms with Crippen molar-refractivity contribution in [3.05, 3.63) is 30.1 Å². The van der Waals surface area contributed by atoms with Gasteiger partial charge in [0, 0.05) is 6.54 Å². The third-order valence-corrected chi connectivity index (χ3v) is 3.52. The van der Waals surface area contributed by atoms with E-state index in [1.54, 1.807) is 16.8 Å². The van der Waals surface area contributed by atoms with Crippen molar-refractivity contribution in [2.45, 2.75) is 19.1 Å². The van der Waals surface area contributed by atoms with Gasteiger partial charge in [0.25, 0.3) is 0 Å². The number of nitrogens with zero attached hydrogens (tertiary/aromatic N) is 4. The summed E-state index contributed by atoms with van der Waals surface area (Å²) >= 11 is 0. The van der Waals surface area contributed by atoms with Crippen molar-refractivity contribution in [1.82, 2.24) is 9.61 Å². The summed E-state index contributed by atoms with van der Waals surface area (Å²) in [5.41, 5.74) is 2.08. The van der Waals surface area contributed by atoms with Crippen LogP contribution < -0.4 is 4.90 Å². The van der Waals surface area contributed by atoms with Crippen LogP contribution in [-0.2, 0) is 9.53 Å². The van der Waals surface area contributed by atoms with E-state index in [0.29, 0.717) is 12.2 Å². The molecule has 0 unspecified atom stereocenters. The average molecular weight is 286 g/mol. The molecular formula is C14H14N4O3. The van der Waals surface area contributed by atoms with Crippen molar-refractivity contribution in [2.75, 3.05) is 18.0 Å². The first-order valence-corrected chi connectivity index (χ1v) is 6.60. The quantitative estimate of drug-likeness (QED) is 0.881. The Balaban J connectivity index is 2.02. The molecule has 2 atom stereocenters. The van der Waals surface area contributed by atoms with Crippen LogP contribution in [0.2, 0.25) is 0 Å². The Morgan fingerprint density at radius 1 is 1.48 bits per heavy atom. The first kappa shape index (κ1) is 13.4. The minimum Gasteiger partial charge on any atom is -0.479 e. The first-order valence-electron chi connectivity index (χ1n) is 6.60. The molecule has 1 aliphatic rings. The van der Waals surface area contributed by atoms with Crippen molar-refractivity contribution in [3.63, 3.8) is 0 Å². The average Bonchev–Trinajstić information content (AvgIpc) is 2.94. The molecule has 1 N–H and O–H groups in total. The van der Waals surface area contributed by atoms with Crippen molar-refractivity contribution in [2.24, 2.45) is 0 Å². The summed E-state index contributed by atoms with van der Waals surface area (Å²) in [7, 11) is 0. The fourth-order valence-corrected chi connectivity index (χ4v) is 2.64. The van der Waals surface area contributed by atoms with Gasteiger partial charge in [0.1, 0.15) is 11.8 Å². The molecule has 0 aromatic carbocycles. The van der Waals surface area contributed by atoms with Gasteiger partial charge in [-0.3, -0.25) is 0 Å². The number of aliphatic carboxylic acids is 1. The zero-order valence-corrected chi connectivity index (χ0v) is 11.4. The molecule has 21 heavy (non-hydrogen) atoms. The number of ether oxygens (including phenoxy) is 1. The summed E-state index contributed by atoms with van der Waals surface area (Å²) in [5, 5.41) is 22.4. The van der Waals surface area contributed by atoms with Crippen LogP contribution in [0.15, 0.2) is 24.4 Å². The lowest BCUT2D eigenvalue weighted by Crippen LogP contribution is -2.49. The number of anilines is 1. The molecule has 7 heteroatoms. The minimum atomic E-state index is -0.968. The molecule has 3 heterocycles. The number of nitriles is 1. The number of carboxylic acid groups (broad SMARTS) is 1. The summed E-state index contributed by atoms with van der Waals surface area (Å²) in [6.45, 7) is 2.71. The Hall–Kier alpha value is -2.59. The lowest BCUT2D eigenvalue weighted by atomic mass is 10.1. The molecule has 0 amide bonds. The van der Waals surface area contributed by atoms with E-state index in [1.165, 1.54) is 0 Å². The Morgan fingerprint density at radius 3 is 3.00 bits per heavy atom. The van der Waals surface area contributed by atoms with E-state index in [9.17, 15) is 4.79 Å². The monoisotopic (exact) mass is 286 g/mol. The molecule has 0 aliphatic carbocycles. The maximum Gasteiger partial charge on any atom is 0.334 e. The van der Waals surface area contributed by atoms with Crippen molar-refractivity contribution >= 4 is 17.2 Å². The SMILES string of the molecule is C[C@@H]1CN(c2ccc(C#N)n3nccc23)C[C@H](C(=O)O)O1. The van der Waals surface area contributed by atoms with Crippen LogP contribution in [0.3, 0.4) is 0 Å². The molecule has 0 saturated carbocycles. The number of carboxylic acids is 1. The number of hydrogen-bond donors (Lipinski definition) is 1. The predicted octanol–water partition coefficient (Wildman–Crippen LogP) is 0.884. The van der Waals surface area contributed by atoms with Gasteiger partial charge in [-0.25, -0.2) is 9.31 Å². The number of hydrogen-bond acceptors (Lipinski definition) is 5. The summed E-state index contributed by atoms with van der Waals surface area (Å²) in [5.74, 6) is -0.968. The first-order chi connectivity index (χ1) is 10.1. The molecule has 1 saturated heterocycles. The number of carbonyl (C=O) groups is 1. The smallest absolute Gasteiger partial charge is 0.334 e. The number of aromatic nitrogens is 2. The van der Waals surface area contributed by atoms with Crippen LogP contribution in [0.5, 0.6) is 0 Å². The zero-order valence-electron chi connectivity index (χ0n) is 11.4. The van der Waals surface area contributed by atoms with Gasteiger partial charge in [0.15, 0.2) is 6.10 Å². The summed E-state index contributed by atoms with van der Waals surface area (Å²) in [4.78, 5) is 13.1. The third kappa shape index (κ3) is 2.30. The maximum atomic E-state index is 11.2. The number of rotatable bonds is 2. The molecule has 0 bridgehead atoms. The van der Waals surface area contributed by atoms with E-state index in [0.717, 1.165) is 11.2 Å². The van der Waals surface area contributed by atoms with Crippen LogP contribution in [-0.4, -0.2) is 46.0 Å². The van der Waals surface area contributed by atoms with Gasteiger partial charge >= 0.3 is 5.97 Å². The molecule has 2 aromatic rings. The standard InChI is InChI=1S/C14H14N4O3/c1-9-7-17(8-13(21-9)14(19)20)11-3-2-10(6-15)18-12(11)4-5-16-18/h2-5,9,13H,7-8H2,1H3,(H,19,20)/t9-,13-/m1/s1. The number of morpholine rings is 1. The van der Waals surface area contributed by atoms with Gasteiger partial charge < -0.3 is 14.7 Å². The third-order valence-electron chi connectivity index (χ3n) is 3.52. The Morgan fingerprint density at radius 2 is 2.29 bits per heavy atom. The van der Waals surface area contributed by atoms with E-state index in [-0.39, 0.29) is 12.6 Å². The Kier molecular flexibility index (Phi) is 3.23. The van der Waals surface area contributed by atoms with Crippen LogP contribution in [0.25, 0.3) is 5.52 Å². The minimum absolute atomic E-state index is 0.182. The molecule has 1 fully saturated rings. The molecule has 2 aromatic heterocycles. The van der Waals surface area contributed by atoms with Gasteiger partial charge in [-0.05, 0) is 25.1 Å². The highest BCUT2D eigenvalue weighted by Crippen LogP contribution is 2.26. The molecule has 0 radical (unpaired) electrons. The Bertz CT molecular complexity index is 733. The predicted molar refractivity (Wildman–Crippen MR) is 74.1 cm³/mol. The van der Waals surface area contributed by atoms with Gasteiger partial charge in [0.05, 0.1) is 30.0 Å². The highest BCUT2D eigenvalue weighted by Gasteiger charge is 2.31. The van der Waals surface area contributed by atoms with E-state index >= 15 is 0 Å². The summed E-state index contributed by atoms with van der Waals surface area (Å²) in [6.07, 6.45) is 0.587. The Labute approximate surface area is 121 Å². The van der Waals surface area contributed by atoms with Crippen molar-refractivity contribution in [1.29, 1.82) is 5.26 Å². The van der Waals surface area contributed by atoms with Crippen LogP contribution in [0.1, 0.15) is 12.6 Å². The second-order valence-corrected chi connectivity index (χ2v) is 5.02. The molecule has 1 aliphatic heterocycles. The van der Waals surface area contributed by atoms with E-state index in [2.05, 4.69) is 11.2 Å². The second-order valence-electron chi connectivity index (χ2n) is 5.02. The number of pyridine rings is 1. The highest BCUT2D eigenvalue weighted by molar-refractivity contribution is 5.77. The maximum absolute atomic E-state index is 11.2. The summed E-state index contributed by atoms with van der Waals surface area (Å²) < 4.78 is 6.98. The molecular weight excluding hydrogens is 272 g/mol. The summed E-state index contributed by atoms with van der Waals surface area (Å²) in [6, 6.07) is 7.41. The van der Waals surface area contributed by atoms with E-state index < -0.39 is 12.1 Å². The fraction of sp³-hybridized carbons (Fsp3) is 0.357. The van der Waals surface area contributed by atoms with Crippen molar-refractivity contribution < 1.29 is 14.6 Å². The highest BCUT2D eigenvalue weighted by atomic mass is 16.5. The molecule has 7 nitrogen and oxygen atoms in total. The largest absolute Gasteiger partial charge is 0.479 e. The van der Waals surface area contributed by atoms with E-state index in [1.807, 2.05) is 24.0 Å². The van der Waals surface area contributed by atoms with E-state index in [4.69, 9.17) is 15.1 Å². The second kappa shape index (κ2) is 5.07. The number of fused-ring (bicyclic) bond motifs is 1. The van der Waals surface area contributed by atoms with Crippen LogP contribution in [0, 0.1) is 11.3 Å². The van der Waals surface area contributed by atoms with Crippen molar-refractivity contribution in [3.8, 4) is 6.07 Å². The molecule has 108 valence electrons. The molecule has 0 spiro atoms. The fourth-order valence-electron chi connectivity index (χ4n) is 2.64. The molecule has 3 rings (SSSR count). The topological polar surface area (TPSA) is 90.9 Å². The van der Waals surface area contributed by atoms with Gasteiger partial charge in [-0.1, -0.05) is 0 Å². The normalized spacial score (nSPS) is 22.2. The zero-order chi connectivity index (χ0) is 15.0. The van der Waals surface area contributed by atoms with Gasteiger partial charge in [-0.2, -0.15) is 10.4 Å². The van der Waals surface area contributed by atoms with Gasteiger partial charge in [0.2, 0.25) is 0 Å². The van der Waals surface area contributed by atoms with Crippen LogP contribution in [0.4, 0.5) is 5.69 Å². The lowest BCUT2D eigenvalue weighted by Gasteiger charge is -2.36. The van der Waals surface area contributed by atoms with Gasteiger partial charge in [-0.15, -0.1) is 0 Å². The van der Waals surface area contributed by atoms with Crippen LogP contribution >= 0.6 is 0 Å². The lowest BCUT2D eigenvalue weighted by molar-refractivity contribution is -0.154.